The third-order valence-electron chi connectivity index (χ3n) is 3.90. The number of ether oxygens (including phenoxy) is 2. The fourth-order valence-corrected chi connectivity index (χ4v) is 3.46. The van der Waals surface area contributed by atoms with Gasteiger partial charge in [0.05, 0.1) is 6.54 Å². The summed E-state index contributed by atoms with van der Waals surface area (Å²) in [4.78, 5) is 27.4. The van der Waals surface area contributed by atoms with Crippen LogP contribution in [0.4, 0.5) is 4.79 Å². The first-order chi connectivity index (χ1) is 11.2. The Hall–Kier alpha value is -1.89. The van der Waals surface area contributed by atoms with Crippen molar-refractivity contribution in [2.45, 2.75) is 13.0 Å². The highest BCUT2D eigenvalue weighted by Crippen LogP contribution is 2.31. The van der Waals surface area contributed by atoms with Crippen LogP contribution in [0.15, 0.2) is 24.3 Å². The van der Waals surface area contributed by atoms with E-state index in [4.69, 9.17) is 9.47 Å². The summed E-state index contributed by atoms with van der Waals surface area (Å²) in [5.74, 6) is 2.15. The number of carbonyl (C=O) groups is 2. The third kappa shape index (κ3) is 3.72. The van der Waals surface area contributed by atoms with Crippen molar-refractivity contribution in [1.29, 1.82) is 0 Å². The molecule has 23 heavy (non-hydrogen) atoms. The molecular weight excluding hydrogens is 316 g/mol. The number of likely N-dealkylation sites (N-methyl/N-ethyl adjacent to an activating group) is 1. The molecule has 1 aromatic carbocycles. The van der Waals surface area contributed by atoms with Crippen LogP contribution in [-0.4, -0.2) is 65.6 Å². The SMILES string of the molecule is CCN(CC1COc2ccccc2O1)C(=O)CN1CCSC1=O. The molecule has 2 aliphatic rings. The van der Waals surface area contributed by atoms with Crippen LogP contribution in [0.1, 0.15) is 6.92 Å². The Bertz CT molecular complexity index is 595. The number of hydrogen-bond donors (Lipinski definition) is 0. The van der Waals surface area contributed by atoms with Gasteiger partial charge in [0, 0.05) is 18.8 Å². The average Bonchev–Trinajstić information content (AvgIpc) is 2.97. The second kappa shape index (κ2) is 7.12. The molecule has 1 unspecified atom stereocenters. The van der Waals surface area contributed by atoms with Crippen LogP contribution in [0.5, 0.6) is 11.5 Å². The number of fused-ring (bicyclic) bond motifs is 1. The highest BCUT2D eigenvalue weighted by Gasteiger charge is 2.28. The predicted molar refractivity (Wildman–Crippen MR) is 88.0 cm³/mol. The Kier molecular flexibility index (Phi) is 4.95. The highest BCUT2D eigenvalue weighted by atomic mass is 32.2. The van der Waals surface area contributed by atoms with E-state index >= 15 is 0 Å². The van der Waals surface area contributed by atoms with E-state index in [1.165, 1.54) is 11.8 Å². The second-order valence-corrected chi connectivity index (χ2v) is 6.51. The fourth-order valence-electron chi connectivity index (χ4n) is 2.64. The first-order valence-corrected chi connectivity index (χ1v) is 8.74. The molecule has 0 bridgehead atoms. The molecule has 1 fully saturated rings. The van der Waals surface area contributed by atoms with Crippen LogP contribution >= 0.6 is 11.8 Å². The molecule has 0 spiro atoms. The summed E-state index contributed by atoms with van der Waals surface area (Å²) >= 11 is 1.27. The molecule has 3 rings (SSSR count). The molecular formula is C16H20N2O4S. The normalized spacial score (nSPS) is 19.8. The molecule has 0 saturated carbocycles. The predicted octanol–water partition coefficient (Wildman–Crippen LogP) is 1.84. The average molecular weight is 336 g/mol. The Labute approximate surface area is 139 Å². The van der Waals surface area contributed by atoms with Gasteiger partial charge in [-0.25, -0.2) is 0 Å². The molecule has 1 saturated heterocycles. The molecule has 2 aliphatic heterocycles. The van der Waals surface area contributed by atoms with Crippen molar-refractivity contribution in [3.05, 3.63) is 24.3 Å². The van der Waals surface area contributed by atoms with Crippen LogP contribution < -0.4 is 9.47 Å². The zero-order valence-electron chi connectivity index (χ0n) is 13.1. The van der Waals surface area contributed by atoms with E-state index in [2.05, 4.69) is 0 Å². The molecule has 0 aromatic heterocycles. The summed E-state index contributed by atoms with van der Waals surface area (Å²) in [6.45, 7) is 4.16. The van der Waals surface area contributed by atoms with Crippen molar-refractivity contribution in [2.24, 2.45) is 0 Å². The summed E-state index contributed by atoms with van der Waals surface area (Å²) in [6, 6.07) is 7.52. The lowest BCUT2D eigenvalue weighted by Gasteiger charge is -2.31. The smallest absolute Gasteiger partial charge is 0.282 e. The van der Waals surface area contributed by atoms with Gasteiger partial charge < -0.3 is 19.3 Å². The van der Waals surface area contributed by atoms with E-state index in [0.717, 1.165) is 11.5 Å². The lowest BCUT2D eigenvalue weighted by Crippen LogP contribution is -2.47. The van der Waals surface area contributed by atoms with Gasteiger partial charge in [0.2, 0.25) is 5.91 Å². The van der Waals surface area contributed by atoms with Gasteiger partial charge >= 0.3 is 0 Å². The summed E-state index contributed by atoms with van der Waals surface area (Å²) in [5, 5.41) is -0.0134. The van der Waals surface area contributed by atoms with Crippen LogP contribution in [0.3, 0.4) is 0 Å². The molecule has 0 aliphatic carbocycles. The van der Waals surface area contributed by atoms with E-state index in [9.17, 15) is 9.59 Å². The minimum absolute atomic E-state index is 0.0134. The summed E-state index contributed by atoms with van der Waals surface area (Å²) < 4.78 is 11.6. The number of carbonyl (C=O) groups excluding carboxylic acids is 2. The number of amides is 2. The first kappa shape index (κ1) is 16.0. The van der Waals surface area contributed by atoms with Gasteiger partial charge in [0.25, 0.3) is 5.24 Å². The first-order valence-electron chi connectivity index (χ1n) is 7.75. The molecule has 0 radical (unpaired) electrons. The maximum Gasteiger partial charge on any atom is 0.282 e. The van der Waals surface area contributed by atoms with Crippen LogP contribution in [-0.2, 0) is 4.79 Å². The largest absolute Gasteiger partial charge is 0.486 e. The minimum Gasteiger partial charge on any atom is -0.486 e. The Morgan fingerprint density at radius 3 is 2.87 bits per heavy atom. The van der Waals surface area contributed by atoms with E-state index in [-0.39, 0.29) is 23.8 Å². The lowest BCUT2D eigenvalue weighted by atomic mass is 10.2. The molecule has 7 heteroatoms. The van der Waals surface area contributed by atoms with Crippen LogP contribution in [0.2, 0.25) is 0 Å². The number of thioether (sulfide) groups is 1. The van der Waals surface area contributed by atoms with Crippen molar-refractivity contribution in [2.75, 3.05) is 38.5 Å². The molecule has 1 aromatic rings. The van der Waals surface area contributed by atoms with Crippen LogP contribution in [0.25, 0.3) is 0 Å². The van der Waals surface area contributed by atoms with E-state index in [1.54, 1.807) is 9.80 Å². The standard InChI is InChI=1S/C16H20N2O4S/c1-2-17(15(19)10-18-7-8-23-16(18)20)9-12-11-21-13-5-3-4-6-14(13)22-12/h3-6,12H,2,7-11H2,1H3. The zero-order chi connectivity index (χ0) is 16.2. The topological polar surface area (TPSA) is 59.1 Å². The minimum atomic E-state index is -0.197. The van der Waals surface area contributed by atoms with Gasteiger partial charge in [-0.3, -0.25) is 9.59 Å². The molecule has 124 valence electrons. The lowest BCUT2D eigenvalue weighted by molar-refractivity contribution is -0.133. The summed E-state index contributed by atoms with van der Waals surface area (Å²) in [5.41, 5.74) is 0. The quantitative estimate of drug-likeness (QED) is 0.821. The van der Waals surface area contributed by atoms with Crippen LogP contribution in [0, 0.1) is 0 Å². The number of rotatable bonds is 5. The Balaban J connectivity index is 1.57. The van der Waals surface area contributed by atoms with E-state index < -0.39 is 0 Å². The van der Waals surface area contributed by atoms with Gasteiger partial charge in [0.15, 0.2) is 17.6 Å². The Morgan fingerprint density at radius 2 is 2.17 bits per heavy atom. The van der Waals surface area contributed by atoms with Gasteiger partial charge in [-0.05, 0) is 19.1 Å². The fraction of sp³-hybridized carbons (Fsp3) is 0.500. The number of benzene rings is 1. The van der Waals surface area contributed by atoms with Crippen molar-refractivity contribution in [3.8, 4) is 11.5 Å². The monoisotopic (exact) mass is 336 g/mol. The molecule has 1 atom stereocenters. The number of para-hydroxylation sites is 2. The van der Waals surface area contributed by atoms with E-state index in [1.807, 2.05) is 31.2 Å². The second-order valence-electron chi connectivity index (χ2n) is 5.47. The molecule has 2 amide bonds. The molecule has 2 heterocycles. The Morgan fingerprint density at radius 1 is 1.39 bits per heavy atom. The molecule has 0 N–H and O–H groups in total. The van der Waals surface area contributed by atoms with Crippen molar-refractivity contribution in [3.63, 3.8) is 0 Å². The number of nitrogens with zero attached hydrogens (tertiary/aromatic N) is 2. The maximum absolute atomic E-state index is 12.4. The van der Waals surface area contributed by atoms with Crippen molar-refractivity contribution in [1.82, 2.24) is 9.80 Å². The zero-order valence-corrected chi connectivity index (χ0v) is 13.9. The molecule has 6 nitrogen and oxygen atoms in total. The van der Waals surface area contributed by atoms with Gasteiger partial charge in [-0.15, -0.1) is 0 Å². The third-order valence-corrected chi connectivity index (χ3v) is 4.79. The van der Waals surface area contributed by atoms with Gasteiger partial charge in [0.1, 0.15) is 13.2 Å². The van der Waals surface area contributed by atoms with Crippen molar-refractivity contribution >= 4 is 22.9 Å². The maximum atomic E-state index is 12.4. The van der Waals surface area contributed by atoms with Crippen molar-refractivity contribution < 1.29 is 19.1 Å². The summed E-state index contributed by atoms with van der Waals surface area (Å²) in [6.07, 6.45) is -0.197. The van der Waals surface area contributed by atoms with E-state index in [0.29, 0.717) is 32.0 Å². The highest BCUT2D eigenvalue weighted by molar-refractivity contribution is 8.13. The van der Waals surface area contributed by atoms with Gasteiger partial charge in [-0.1, -0.05) is 23.9 Å². The number of hydrogen-bond acceptors (Lipinski definition) is 5. The summed E-state index contributed by atoms with van der Waals surface area (Å²) in [7, 11) is 0. The van der Waals surface area contributed by atoms with Gasteiger partial charge in [-0.2, -0.15) is 0 Å².